The van der Waals surface area contributed by atoms with Crippen LogP contribution < -0.4 is 5.73 Å². The molecule has 0 aliphatic rings. The van der Waals surface area contributed by atoms with Crippen molar-refractivity contribution in [3.05, 3.63) is 18.0 Å². The zero-order chi connectivity index (χ0) is 12.3. The Bertz CT molecular complexity index is 369. The topological polar surface area (TPSA) is 77.5 Å². The smallest absolute Gasteiger partial charge is 0.355 e. The lowest BCUT2D eigenvalue weighted by Gasteiger charge is -2.12. The second-order valence-corrected chi connectivity index (χ2v) is 4.11. The van der Waals surface area contributed by atoms with Crippen LogP contribution in [0, 0.1) is 0 Å². The van der Waals surface area contributed by atoms with Gasteiger partial charge >= 0.3 is 5.97 Å². The van der Waals surface area contributed by atoms with E-state index in [9.17, 15) is 4.79 Å². The number of aliphatic hydroxyl groups is 1. The molecule has 1 unspecified atom stereocenters. The minimum Gasteiger partial charge on any atom is -0.458 e. The van der Waals surface area contributed by atoms with E-state index in [0.717, 1.165) is 0 Å². The number of aliphatic hydroxyl groups excluding tert-OH is 1. The van der Waals surface area contributed by atoms with Crippen LogP contribution >= 0.6 is 0 Å². The molecule has 1 rings (SSSR count). The van der Waals surface area contributed by atoms with Gasteiger partial charge in [-0.3, -0.25) is 0 Å². The number of anilines is 1. The van der Waals surface area contributed by atoms with Crippen molar-refractivity contribution in [3.8, 4) is 0 Å². The van der Waals surface area contributed by atoms with Crippen LogP contribution in [0.1, 0.15) is 37.3 Å². The molecule has 90 valence electrons. The molecular formula is C11H18N2O3. The van der Waals surface area contributed by atoms with Crippen molar-refractivity contribution in [1.29, 1.82) is 0 Å². The molecule has 0 radical (unpaired) electrons. The predicted molar refractivity (Wildman–Crippen MR) is 61.2 cm³/mol. The van der Waals surface area contributed by atoms with E-state index in [0.29, 0.717) is 11.4 Å². The molecule has 1 atom stereocenters. The lowest BCUT2D eigenvalue weighted by molar-refractivity contribution is 0.0284. The van der Waals surface area contributed by atoms with Crippen molar-refractivity contribution >= 4 is 11.7 Å². The first-order chi connectivity index (χ1) is 7.41. The number of nitrogen functional groups attached to an aromatic ring is 1. The Balaban J connectivity index is 2.82. The van der Waals surface area contributed by atoms with Crippen LogP contribution in [0.2, 0.25) is 0 Å². The number of carbonyl (C=O) groups excluding carboxylic acids is 1. The highest BCUT2D eigenvalue weighted by Crippen LogP contribution is 2.17. The molecule has 5 heteroatoms. The van der Waals surface area contributed by atoms with E-state index in [2.05, 4.69) is 0 Å². The molecule has 1 heterocycles. The first-order valence-electron chi connectivity index (χ1n) is 5.24. The van der Waals surface area contributed by atoms with Crippen LogP contribution in [0.3, 0.4) is 0 Å². The van der Waals surface area contributed by atoms with E-state index in [1.165, 1.54) is 0 Å². The number of hydrogen-bond acceptors (Lipinski definition) is 4. The quantitative estimate of drug-likeness (QED) is 0.756. The third kappa shape index (κ3) is 3.00. The lowest BCUT2D eigenvalue weighted by atomic mass is 10.3. The second-order valence-electron chi connectivity index (χ2n) is 4.11. The van der Waals surface area contributed by atoms with Crippen molar-refractivity contribution in [3.63, 3.8) is 0 Å². The fraction of sp³-hybridized carbons (Fsp3) is 0.545. The van der Waals surface area contributed by atoms with Crippen molar-refractivity contribution in [2.24, 2.45) is 0 Å². The highest BCUT2D eigenvalue weighted by molar-refractivity contribution is 5.89. The zero-order valence-corrected chi connectivity index (χ0v) is 9.80. The Morgan fingerprint density at radius 3 is 2.69 bits per heavy atom. The first kappa shape index (κ1) is 12.6. The van der Waals surface area contributed by atoms with Gasteiger partial charge in [0.15, 0.2) is 0 Å². The summed E-state index contributed by atoms with van der Waals surface area (Å²) >= 11 is 0. The predicted octanol–water partition coefficient (Wildman–Crippen LogP) is 1.19. The number of aromatic nitrogens is 1. The number of carbonyl (C=O) groups is 1. The number of hydrogen-bond donors (Lipinski definition) is 2. The van der Waals surface area contributed by atoms with E-state index >= 15 is 0 Å². The molecule has 0 spiro atoms. The molecule has 16 heavy (non-hydrogen) atoms. The molecular weight excluding hydrogens is 208 g/mol. The molecule has 1 aromatic rings. The van der Waals surface area contributed by atoms with E-state index in [4.69, 9.17) is 15.6 Å². The van der Waals surface area contributed by atoms with Gasteiger partial charge in [0.05, 0.1) is 11.8 Å². The van der Waals surface area contributed by atoms with Gasteiger partial charge in [-0.25, -0.2) is 4.79 Å². The number of esters is 1. The zero-order valence-electron chi connectivity index (χ0n) is 9.80. The summed E-state index contributed by atoms with van der Waals surface area (Å²) in [6.07, 6.45) is 1.03. The summed E-state index contributed by atoms with van der Waals surface area (Å²) in [5.41, 5.74) is 6.57. The summed E-state index contributed by atoms with van der Waals surface area (Å²) in [5, 5.41) is 9.02. The SMILES string of the molecule is CC(O)COC(=O)c1cc(N)cn1C(C)C. The maximum atomic E-state index is 11.7. The Kier molecular flexibility index (Phi) is 3.95. The largest absolute Gasteiger partial charge is 0.458 e. The average Bonchev–Trinajstić information content (AvgIpc) is 2.56. The van der Waals surface area contributed by atoms with Gasteiger partial charge in [-0.2, -0.15) is 0 Å². The third-order valence-corrected chi connectivity index (χ3v) is 2.09. The molecule has 0 fully saturated rings. The molecule has 3 N–H and O–H groups in total. The number of rotatable bonds is 4. The molecule has 0 bridgehead atoms. The number of nitrogens with two attached hydrogens (primary N) is 1. The number of ether oxygens (including phenoxy) is 1. The molecule has 0 aliphatic heterocycles. The monoisotopic (exact) mass is 226 g/mol. The fourth-order valence-electron chi connectivity index (χ4n) is 1.36. The maximum Gasteiger partial charge on any atom is 0.355 e. The van der Waals surface area contributed by atoms with Crippen LogP contribution in [0.15, 0.2) is 12.3 Å². The highest BCUT2D eigenvalue weighted by Gasteiger charge is 2.16. The molecule has 0 aromatic carbocycles. The first-order valence-corrected chi connectivity index (χ1v) is 5.24. The average molecular weight is 226 g/mol. The van der Waals surface area contributed by atoms with Crippen molar-refractivity contribution in [1.82, 2.24) is 4.57 Å². The number of nitrogens with zero attached hydrogens (tertiary/aromatic N) is 1. The second kappa shape index (κ2) is 5.03. The van der Waals surface area contributed by atoms with E-state index < -0.39 is 12.1 Å². The molecule has 0 aliphatic carbocycles. The minimum atomic E-state index is -0.663. The van der Waals surface area contributed by atoms with E-state index in [1.54, 1.807) is 23.8 Å². The normalized spacial score (nSPS) is 12.8. The van der Waals surface area contributed by atoms with Crippen LogP contribution in [-0.2, 0) is 4.74 Å². The minimum absolute atomic E-state index is 0.0119. The van der Waals surface area contributed by atoms with Crippen molar-refractivity contribution in [2.75, 3.05) is 12.3 Å². The van der Waals surface area contributed by atoms with Gasteiger partial charge in [-0.1, -0.05) is 0 Å². The summed E-state index contributed by atoms with van der Waals surface area (Å²) in [6.45, 7) is 5.45. The standard InChI is InChI=1S/C11H18N2O3/c1-7(2)13-5-9(12)4-10(13)11(15)16-6-8(3)14/h4-5,7-8,14H,6,12H2,1-3H3. The third-order valence-electron chi connectivity index (χ3n) is 2.09. The highest BCUT2D eigenvalue weighted by atomic mass is 16.5. The maximum absolute atomic E-state index is 11.7. The van der Waals surface area contributed by atoms with Crippen LogP contribution in [0.4, 0.5) is 5.69 Å². The summed E-state index contributed by atoms with van der Waals surface area (Å²) < 4.78 is 6.68. The molecule has 0 saturated heterocycles. The Morgan fingerprint density at radius 2 is 2.19 bits per heavy atom. The van der Waals surface area contributed by atoms with E-state index in [1.807, 2.05) is 13.8 Å². The molecule has 0 saturated carbocycles. The van der Waals surface area contributed by atoms with E-state index in [-0.39, 0.29) is 12.6 Å². The van der Waals surface area contributed by atoms with Gasteiger partial charge in [0.25, 0.3) is 0 Å². The Labute approximate surface area is 94.8 Å². The summed E-state index contributed by atoms with van der Waals surface area (Å²) in [6, 6.07) is 1.70. The van der Waals surface area contributed by atoms with Gasteiger partial charge in [0.2, 0.25) is 0 Å². The van der Waals surface area contributed by atoms with Gasteiger partial charge in [0, 0.05) is 12.2 Å². The van der Waals surface area contributed by atoms with Crippen LogP contribution in [0.5, 0.6) is 0 Å². The van der Waals surface area contributed by atoms with Gasteiger partial charge in [0.1, 0.15) is 12.3 Å². The summed E-state index contributed by atoms with van der Waals surface area (Å²) in [5.74, 6) is -0.466. The van der Waals surface area contributed by atoms with Crippen molar-refractivity contribution in [2.45, 2.75) is 32.9 Å². The summed E-state index contributed by atoms with van der Waals surface area (Å²) in [4.78, 5) is 11.7. The van der Waals surface area contributed by atoms with Crippen molar-refractivity contribution < 1.29 is 14.6 Å². The lowest BCUT2D eigenvalue weighted by Crippen LogP contribution is -2.18. The fourth-order valence-corrected chi connectivity index (χ4v) is 1.36. The van der Waals surface area contributed by atoms with Crippen LogP contribution in [0.25, 0.3) is 0 Å². The Hall–Kier alpha value is -1.49. The summed E-state index contributed by atoms with van der Waals surface area (Å²) in [7, 11) is 0. The van der Waals surface area contributed by atoms with Gasteiger partial charge in [-0.15, -0.1) is 0 Å². The molecule has 1 aromatic heterocycles. The molecule has 5 nitrogen and oxygen atoms in total. The molecule has 0 amide bonds. The van der Waals surface area contributed by atoms with Gasteiger partial charge in [-0.05, 0) is 26.8 Å². The van der Waals surface area contributed by atoms with Crippen LogP contribution in [-0.4, -0.2) is 28.4 Å². The van der Waals surface area contributed by atoms with Gasteiger partial charge < -0.3 is 20.1 Å². The Morgan fingerprint density at radius 1 is 1.56 bits per heavy atom.